The molecule has 0 aliphatic rings. The first-order valence-electron chi connectivity index (χ1n) is 27.1. The minimum atomic E-state index is -0.178. The number of phenols is 1. The normalized spacial score (nSPS) is 12.2. The highest BCUT2D eigenvalue weighted by Gasteiger charge is 2.26. The second-order valence-corrected chi connectivity index (χ2v) is 23.8. The molecule has 12 rings (SSSR count). The number of rotatable bonds is 9. The summed E-state index contributed by atoms with van der Waals surface area (Å²) in [5.74, 6) is 0.874. The quantitative estimate of drug-likeness (QED) is 0.157. The SMILES string of the molecule is CC(C)(C)c1cc(-c2cc(-c3ccc4c5ccccc5n(-c5cccc(N(c6ccccc6)c6ccccc6)c5)c4c3)ccn2)cc(-c2cccc3c2nc(-c2ccccc2O)n3-c2cc(C(C)(C)C)cc(C(C)(C)C)c2)c1. The minimum absolute atomic E-state index is 0.101. The molecule has 6 nitrogen and oxygen atoms in total. The van der Waals surface area contributed by atoms with Crippen LogP contribution in [0.3, 0.4) is 0 Å². The molecule has 3 aromatic heterocycles. The Balaban J connectivity index is 0.995. The molecular weight excluding hydrogens is 951 g/mol. The highest BCUT2D eigenvalue weighted by atomic mass is 16.3. The van der Waals surface area contributed by atoms with Crippen molar-refractivity contribution in [2.24, 2.45) is 0 Å². The fourth-order valence-corrected chi connectivity index (χ4v) is 11.0. The van der Waals surface area contributed by atoms with Gasteiger partial charge in [0, 0.05) is 56.5 Å². The second kappa shape index (κ2) is 19.2. The van der Waals surface area contributed by atoms with E-state index in [0.29, 0.717) is 11.4 Å². The first kappa shape index (κ1) is 49.9. The van der Waals surface area contributed by atoms with Gasteiger partial charge in [-0.05, 0) is 159 Å². The number of aromatic hydroxyl groups is 1. The summed E-state index contributed by atoms with van der Waals surface area (Å²) < 4.78 is 4.65. The highest BCUT2D eigenvalue weighted by molar-refractivity contribution is 6.10. The first-order valence-corrected chi connectivity index (χ1v) is 27.1. The van der Waals surface area contributed by atoms with Crippen LogP contribution in [0.5, 0.6) is 5.75 Å². The molecule has 1 N–H and O–H groups in total. The first-order chi connectivity index (χ1) is 37.5. The molecule has 0 aliphatic heterocycles. The molecule has 0 fully saturated rings. The number of aromatic nitrogens is 4. The van der Waals surface area contributed by atoms with Crippen molar-refractivity contribution in [3.8, 4) is 62.0 Å². The van der Waals surface area contributed by atoms with E-state index in [1.807, 2.05) is 24.4 Å². The molecular formula is C72H65N5O. The smallest absolute Gasteiger partial charge is 0.149 e. The van der Waals surface area contributed by atoms with Gasteiger partial charge < -0.3 is 14.6 Å². The molecule has 3 heterocycles. The number of anilines is 3. The maximum Gasteiger partial charge on any atom is 0.149 e. The lowest BCUT2D eigenvalue weighted by molar-refractivity contribution is 0.477. The predicted molar refractivity (Wildman–Crippen MR) is 327 cm³/mol. The molecule has 384 valence electrons. The summed E-state index contributed by atoms with van der Waals surface area (Å²) >= 11 is 0. The van der Waals surface area contributed by atoms with Gasteiger partial charge >= 0.3 is 0 Å². The van der Waals surface area contributed by atoms with Gasteiger partial charge in [-0.1, -0.05) is 172 Å². The minimum Gasteiger partial charge on any atom is -0.507 e. The molecule has 0 atom stereocenters. The zero-order valence-electron chi connectivity index (χ0n) is 46.0. The van der Waals surface area contributed by atoms with Crippen LogP contribution in [-0.2, 0) is 16.2 Å². The summed E-state index contributed by atoms with van der Waals surface area (Å²) in [7, 11) is 0. The Kier molecular flexibility index (Phi) is 12.3. The molecule has 0 unspecified atom stereocenters. The van der Waals surface area contributed by atoms with E-state index >= 15 is 0 Å². The van der Waals surface area contributed by atoms with Gasteiger partial charge in [-0.15, -0.1) is 0 Å². The van der Waals surface area contributed by atoms with Crippen molar-refractivity contribution < 1.29 is 5.11 Å². The van der Waals surface area contributed by atoms with Crippen LogP contribution >= 0.6 is 0 Å². The molecule has 0 saturated carbocycles. The number of imidazole rings is 1. The van der Waals surface area contributed by atoms with E-state index in [0.717, 1.165) is 84.0 Å². The lowest BCUT2D eigenvalue weighted by atomic mass is 9.80. The van der Waals surface area contributed by atoms with Crippen molar-refractivity contribution in [1.82, 2.24) is 19.1 Å². The van der Waals surface area contributed by atoms with Crippen LogP contribution in [-0.4, -0.2) is 24.2 Å². The van der Waals surface area contributed by atoms with Gasteiger partial charge in [-0.2, -0.15) is 0 Å². The van der Waals surface area contributed by atoms with Gasteiger partial charge in [0.1, 0.15) is 11.6 Å². The largest absolute Gasteiger partial charge is 0.507 e. The van der Waals surface area contributed by atoms with Gasteiger partial charge in [0.15, 0.2) is 0 Å². The number of hydrogen-bond acceptors (Lipinski definition) is 4. The predicted octanol–water partition coefficient (Wildman–Crippen LogP) is 19.3. The standard InChI is InChI=1S/C72H65N5O/c1-70(2,3)51-39-49(59-30-21-32-65-68(59)74-69(62-29-17-19-33-67(62)78)77(65)58-44-52(71(4,5)6)43-53(45-58)72(7,8)9)38-50(40-51)63-41-48(36-37-73-63)47-34-35-61-60-28-16-18-31-64(60)76(66(61)42-47)57-27-20-26-56(46-57)75(54-22-12-10-13-23-54)55-24-14-11-15-25-55/h10-46,78H,1-9H3. The topological polar surface area (TPSA) is 59.1 Å². The van der Waals surface area contributed by atoms with Crippen LogP contribution in [0, 0.1) is 0 Å². The van der Waals surface area contributed by atoms with Crippen molar-refractivity contribution >= 4 is 49.9 Å². The Bertz CT molecular complexity index is 4150. The monoisotopic (exact) mass is 1020 g/mol. The van der Waals surface area contributed by atoms with E-state index in [9.17, 15) is 5.11 Å². The number of para-hydroxylation sites is 5. The summed E-state index contributed by atoms with van der Waals surface area (Å²) in [6.45, 7) is 20.4. The van der Waals surface area contributed by atoms with E-state index in [1.54, 1.807) is 6.07 Å². The van der Waals surface area contributed by atoms with E-state index < -0.39 is 0 Å². The fourth-order valence-electron chi connectivity index (χ4n) is 11.0. The van der Waals surface area contributed by atoms with Crippen molar-refractivity contribution in [1.29, 1.82) is 0 Å². The molecule has 78 heavy (non-hydrogen) atoms. The maximum absolute atomic E-state index is 11.5. The number of pyridine rings is 1. The van der Waals surface area contributed by atoms with Crippen molar-refractivity contribution in [2.75, 3.05) is 4.90 Å². The second-order valence-electron chi connectivity index (χ2n) is 23.8. The molecule has 0 spiro atoms. The average Bonchev–Trinajstić information content (AvgIpc) is 4.21. The van der Waals surface area contributed by atoms with Crippen LogP contribution in [0.4, 0.5) is 17.1 Å². The van der Waals surface area contributed by atoms with E-state index in [2.05, 4.69) is 270 Å². The Hall–Kier alpha value is -9.00. The van der Waals surface area contributed by atoms with Crippen LogP contribution < -0.4 is 4.90 Å². The number of hydrogen-bond donors (Lipinski definition) is 1. The number of phenolic OH excluding ortho intramolecular Hbond substituents is 1. The van der Waals surface area contributed by atoms with Crippen molar-refractivity contribution in [2.45, 2.75) is 78.6 Å². The van der Waals surface area contributed by atoms with Gasteiger partial charge in [0.05, 0.1) is 33.3 Å². The van der Waals surface area contributed by atoms with E-state index in [-0.39, 0.29) is 22.0 Å². The molecule has 0 aliphatic carbocycles. The van der Waals surface area contributed by atoms with Gasteiger partial charge in [0.25, 0.3) is 0 Å². The summed E-state index contributed by atoms with van der Waals surface area (Å²) in [5, 5.41) is 13.9. The Morgan fingerprint density at radius 3 is 1.64 bits per heavy atom. The molecule has 6 heteroatoms. The summed E-state index contributed by atoms with van der Waals surface area (Å²) in [6.07, 6.45) is 1.94. The molecule has 12 aromatic rings. The van der Waals surface area contributed by atoms with E-state index in [4.69, 9.17) is 9.97 Å². The molecule has 0 radical (unpaired) electrons. The Morgan fingerprint density at radius 2 is 0.949 bits per heavy atom. The zero-order valence-corrected chi connectivity index (χ0v) is 46.0. The highest BCUT2D eigenvalue weighted by Crippen LogP contribution is 2.43. The van der Waals surface area contributed by atoms with Crippen molar-refractivity contribution in [3.05, 3.63) is 241 Å². The average molecular weight is 1020 g/mol. The van der Waals surface area contributed by atoms with Crippen molar-refractivity contribution in [3.63, 3.8) is 0 Å². The molecule has 0 amide bonds. The summed E-state index contributed by atoms with van der Waals surface area (Å²) in [5.41, 5.74) is 19.6. The third kappa shape index (κ3) is 9.21. The zero-order chi connectivity index (χ0) is 54.1. The molecule has 9 aromatic carbocycles. The van der Waals surface area contributed by atoms with Crippen LogP contribution in [0.15, 0.2) is 225 Å². The molecule has 0 bridgehead atoms. The third-order valence-electron chi connectivity index (χ3n) is 15.3. The van der Waals surface area contributed by atoms with Crippen LogP contribution in [0.2, 0.25) is 0 Å². The number of nitrogens with zero attached hydrogens (tertiary/aromatic N) is 5. The third-order valence-corrected chi connectivity index (χ3v) is 15.3. The van der Waals surface area contributed by atoms with Crippen LogP contribution in [0.1, 0.15) is 79.0 Å². The fraction of sp³-hybridized carbons (Fsp3) is 0.167. The lowest BCUT2D eigenvalue weighted by Crippen LogP contribution is -2.17. The summed E-state index contributed by atoms with van der Waals surface area (Å²) in [6, 6.07) is 77.8. The van der Waals surface area contributed by atoms with Gasteiger partial charge in [0.2, 0.25) is 0 Å². The lowest BCUT2D eigenvalue weighted by Gasteiger charge is -2.27. The number of fused-ring (bicyclic) bond motifs is 4. The van der Waals surface area contributed by atoms with Crippen LogP contribution in [0.25, 0.3) is 89.1 Å². The Morgan fingerprint density at radius 1 is 0.385 bits per heavy atom. The number of benzene rings is 9. The summed E-state index contributed by atoms with van der Waals surface area (Å²) in [4.78, 5) is 12.9. The maximum atomic E-state index is 11.5. The molecule has 0 saturated heterocycles. The van der Waals surface area contributed by atoms with E-state index in [1.165, 1.54) is 27.5 Å². The van der Waals surface area contributed by atoms with Gasteiger partial charge in [-0.3, -0.25) is 9.55 Å². The Labute approximate surface area is 458 Å². The van der Waals surface area contributed by atoms with Gasteiger partial charge in [-0.25, -0.2) is 4.98 Å².